The smallest absolute Gasteiger partial charge is 0.163 e. The van der Waals surface area contributed by atoms with E-state index in [0.717, 1.165) is 30.8 Å². The summed E-state index contributed by atoms with van der Waals surface area (Å²) in [5, 5.41) is 4.17. The fourth-order valence-corrected chi connectivity index (χ4v) is 5.40. The van der Waals surface area contributed by atoms with Crippen molar-refractivity contribution in [2.24, 2.45) is 0 Å². The number of fused-ring (bicyclic) bond motifs is 1. The molecule has 4 heterocycles. The van der Waals surface area contributed by atoms with Crippen LogP contribution < -0.4 is 0 Å². The van der Waals surface area contributed by atoms with E-state index in [1.165, 1.54) is 10.4 Å². The largest absolute Gasteiger partial charge is 0.264 e. The van der Waals surface area contributed by atoms with Crippen LogP contribution in [0.4, 0.5) is 0 Å². The fraction of sp³-hybridized carbons (Fsp3) is 0.176. The van der Waals surface area contributed by atoms with Gasteiger partial charge in [-0.3, -0.25) is 4.98 Å². The molecule has 4 aromatic rings. The van der Waals surface area contributed by atoms with E-state index in [1.54, 1.807) is 46.8 Å². The zero-order valence-electron chi connectivity index (χ0n) is 13.4. The third kappa shape index (κ3) is 2.83. The van der Waals surface area contributed by atoms with Crippen molar-refractivity contribution in [3.05, 3.63) is 46.0 Å². The van der Waals surface area contributed by atoms with E-state index in [-0.39, 0.29) is 0 Å². The van der Waals surface area contributed by atoms with Crippen LogP contribution in [0.25, 0.3) is 21.6 Å². The summed E-state index contributed by atoms with van der Waals surface area (Å²) < 4.78 is 1.01. The van der Waals surface area contributed by atoms with Crippen molar-refractivity contribution in [1.82, 2.24) is 19.9 Å². The minimum Gasteiger partial charge on any atom is -0.264 e. The molecule has 0 bridgehead atoms. The van der Waals surface area contributed by atoms with Crippen molar-refractivity contribution in [1.29, 1.82) is 0 Å². The molecule has 0 aliphatic carbocycles. The zero-order valence-corrected chi connectivity index (χ0v) is 15.8. The van der Waals surface area contributed by atoms with Crippen LogP contribution in [0.15, 0.2) is 39.3 Å². The first-order valence-electron chi connectivity index (χ1n) is 7.40. The Morgan fingerprint density at radius 3 is 2.67 bits per heavy atom. The summed E-state index contributed by atoms with van der Waals surface area (Å²) in [7, 11) is 0. The van der Waals surface area contributed by atoms with E-state index in [4.69, 9.17) is 9.97 Å². The Morgan fingerprint density at radius 1 is 1.08 bits per heavy atom. The summed E-state index contributed by atoms with van der Waals surface area (Å²) in [6, 6.07) is 3.90. The maximum absolute atomic E-state index is 4.84. The molecule has 0 radical (unpaired) electrons. The molecule has 0 aromatic carbocycles. The molecule has 0 saturated heterocycles. The molecule has 4 aromatic heterocycles. The Balaban J connectivity index is 1.91. The van der Waals surface area contributed by atoms with E-state index < -0.39 is 0 Å². The summed E-state index contributed by atoms with van der Waals surface area (Å²) in [6.07, 6.45) is 3.56. The molecule has 0 amide bonds. The molecule has 0 atom stereocenters. The van der Waals surface area contributed by atoms with Crippen LogP contribution in [0.3, 0.4) is 0 Å². The van der Waals surface area contributed by atoms with Crippen LogP contribution in [-0.2, 0) is 0 Å². The molecule has 0 unspecified atom stereocenters. The summed E-state index contributed by atoms with van der Waals surface area (Å²) in [6.45, 7) is 6.28. The van der Waals surface area contributed by atoms with Crippen LogP contribution in [-0.4, -0.2) is 19.9 Å². The summed E-state index contributed by atoms with van der Waals surface area (Å²) in [5.41, 5.74) is 3.22. The molecule has 4 nitrogen and oxygen atoms in total. The zero-order chi connectivity index (χ0) is 16.7. The second kappa shape index (κ2) is 6.23. The van der Waals surface area contributed by atoms with Crippen LogP contribution >= 0.6 is 34.4 Å². The van der Waals surface area contributed by atoms with Crippen LogP contribution in [0.2, 0.25) is 0 Å². The Kier molecular flexibility index (Phi) is 4.07. The van der Waals surface area contributed by atoms with Gasteiger partial charge < -0.3 is 0 Å². The first-order valence-corrected chi connectivity index (χ1v) is 9.91. The van der Waals surface area contributed by atoms with Crippen molar-refractivity contribution in [3.8, 4) is 11.4 Å². The molecule has 0 aliphatic rings. The molecule has 0 fully saturated rings. The van der Waals surface area contributed by atoms with Gasteiger partial charge in [0.25, 0.3) is 0 Å². The fourth-order valence-electron chi connectivity index (χ4n) is 2.37. The first kappa shape index (κ1) is 15.7. The Bertz CT molecular complexity index is 1020. The number of aryl methyl sites for hydroxylation is 3. The van der Waals surface area contributed by atoms with Crippen molar-refractivity contribution in [2.45, 2.75) is 30.1 Å². The van der Waals surface area contributed by atoms with Crippen LogP contribution in [0.1, 0.15) is 16.1 Å². The van der Waals surface area contributed by atoms with Gasteiger partial charge in [0.05, 0.1) is 0 Å². The number of thiophene rings is 1. The predicted octanol–water partition coefficient (Wildman–Crippen LogP) is 5.29. The highest BCUT2D eigenvalue weighted by atomic mass is 32.2. The van der Waals surface area contributed by atoms with Gasteiger partial charge in [-0.1, -0.05) is 0 Å². The molecular formula is C17H14N4S3. The van der Waals surface area contributed by atoms with Gasteiger partial charge >= 0.3 is 0 Å². The average molecular weight is 371 g/mol. The molecule has 24 heavy (non-hydrogen) atoms. The Hall–Kier alpha value is -1.83. The number of aromatic nitrogens is 4. The highest BCUT2D eigenvalue weighted by Crippen LogP contribution is 2.39. The summed E-state index contributed by atoms with van der Waals surface area (Å²) in [5.74, 6) is 0.715. The molecule has 0 N–H and O–H groups in total. The lowest BCUT2D eigenvalue weighted by atomic mass is 10.2. The standard InChI is InChI=1S/C17H14N4S3/c1-9-8-22-17(19-9)24-16-13-10(2)11(3)23-15(13)20-14(21-16)12-5-4-6-18-7-12/h4-8H,1-3H3. The second-order valence-corrected chi connectivity index (χ2v) is 8.71. The van der Waals surface area contributed by atoms with E-state index in [2.05, 4.69) is 29.2 Å². The van der Waals surface area contributed by atoms with Gasteiger partial charge in [0, 0.05) is 39.3 Å². The molecular weight excluding hydrogens is 356 g/mol. The van der Waals surface area contributed by atoms with Gasteiger partial charge in [0.15, 0.2) is 10.2 Å². The third-order valence-corrected chi connectivity index (χ3v) is 6.84. The van der Waals surface area contributed by atoms with Gasteiger partial charge in [-0.25, -0.2) is 15.0 Å². The molecule has 0 saturated carbocycles. The van der Waals surface area contributed by atoms with Crippen molar-refractivity contribution in [2.75, 3.05) is 0 Å². The SMILES string of the molecule is Cc1csc(Sc2nc(-c3cccnc3)nc3sc(C)c(C)c23)n1. The van der Waals surface area contributed by atoms with Crippen LogP contribution in [0, 0.1) is 20.8 Å². The number of hydrogen-bond acceptors (Lipinski definition) is 7. The van der Waals surface area contributed by atoms with Gasteiger partial charge in [-0.15, -0.1) is 22.7 Å². The molecule has 0 spiro atoms. The molecule has 7 heteroatoms. The Labute approximate surface area is 152 Å². The van der Waals surface area contributed by atoms with E-state index in [9.17, 15) is 0 Å². The van der Waals surface area contributed by atoms with Gasteiger partial charge in [0.1, 0.15) is 9.86 Å². The average Bonchev–Trinajstić information content (AvgIpc) is 3.11. The minimum absolute atomic E-state index is 0.715. The summed E-state index contributed by atoms with van der Waals surface area (Å²) >= 11 is 4.98. The first-order chi connectivity index (χ1) is 11.6. The lowest BCUT2D eigenvalue weighted by Crippen LogP contribution is -1.93. The van der Waals surface area contributed by atoms with Gasteiger partial charge in [-0.2, -0.15) is 0 Å². The van der Waals surface area contributed by atoms with E-state index in [1.807, 2.05) is 19.1 Å². The third-order valence-electron chi connectivity index (χ3n) is 3.70. The quantitative estimate of drug-likeness (QED) is 0.459. The number of rotatable bonds is 3. The lowest BCUT2D eigenvalue weighted by Gasteiger charge is -2.05. The van der Waals surface area contributed by atoms with Crippen LogP contribution in [0.5, 0.6) is 0 Å². The van der Waals surface area contributed by atoms with Crippen molar-refractivity contribution < 1.29 is 0 Å². The predicted molar refractivity (Wildman–Crippen MR) is 101 cm³/mol. The lowest BCUT2D eigenvalue weighted by molar-refractivity contribution is 1.10. The number of nitrogens with zero attached hydrogens (tertiary/aromatic N) is 4. The Morgan fingerprint density at radius 2 is 1.96 bits per heavy atom. The van der Waals surface area contributed by atoms with Crippen molar-refractivity contribution >= 4 is 44.7 Å². The topological polar surface area (TPSA) is 51.6 Å². The van der Waals surface area contributed by atoms with E-state index in [0.29, 0.717) is 5.82 Å². The van der Waals surface area contributed by atoms with Gasteiger partial charge in [-0.05, 0) is 50.2 Å². The summed E-state index contributed by atoms with van der Waals surface area (Å²) in [4.78, 5) is 20.7. The maximum Gasteiger partial charge on any atom is 0.163 e. The highest BCUT2D eigenvalue weighted by Gasteiger charge is 2.17. The van der Waals surface area contributed by atoms with Crippen molar-refractivity contribution in [3.63, 3.8) is 0 Å². The maximum atomic E-state index is 4.84. The molecule has 120 valence electrons. The monoisotopic (exact) mass is 370 g/mol. The normalized spacial score (nSPS) is 11.3. The molecule has 4 rings (SSSR count). The minimum atomic E-state index is 0.715. The molecule has 0 aliphatic heterocycles. The highest BCUT2D eigenvalue weighted by molar-refractivity contribution is 8.01. The number of thiazole rings is 1. The number of pyridine rings is 1. The second-order valence-electron chi connectivity index (χ2n) is 5.41. The van der Waals surface area contributed by atoms with Gasteiger partial charge in [0.2, 0.25) is 0 Å². The van der Waals surface area contributed by atoms with E-state index >= 15 is 0 Å². The number of hydrogen-bond donors (Lipinski definition) is 0.